The standard InChI is InChI=1S/C5H8N2O6.K.H/c6-5(12)7-13-3(9)1-2(8)4(10)11;;/h2,8H,1H2,(H,10,11)(H3,6,7,12);;. The van der Waals surface area contributed by atoms with Crippen molar-refractivity contribution in [2.45, 2.75) is 12.5 Å². The van der Waals surface area contributed by atoms with Crippen molar-refractivity contribution in [1.82, 2.24) is 5.48 Å². The first-order valence-corrected chi connectivity index (χ1v) is 3.09. The molecule has 0 spiro atoms. The predicted octanol–water partition coefficient (Wildman–Crippen LogP) is -2.70. The fraction of sp³-hybridized carbons (Fsp3) is 0.400. The second-order valence-corrected chi connectivity index (χ2v) is 2.00. The number of nitrogens with one attached hydrogen (secondary N) is 1. The van der Waals surface area contributed by atoms with Crippen molar-refractivity contribution in [3.05, 3.63) is 0 Å². The van der Waals surface area contributed by atoms with Crippen LogP contribution in [0.2, 0.25) is 0 Å². The van der Waals surface area contributed by atoms with Crippen molar-refractivity contribution in [2.75, 3.05) is 0 Å². The van der Waals surface area contributed by atoms with Gasteiger partial charge in [0.15, 0.2) is 6.10 Å². The second kappa shape index (κ2) is 8.14. The van der Waals surface area contributed by atoms with Crippen LogP contribution < -0.4 is 11.2 Å². The van der Waals surface area contributed by atoms with E-state index in [2.05, 4.69) is 10.6 Å². The number of nitrogens with two attached hydrogens (primary N) is 1. The number of carboxylic acid groups (broad SMARTS) is 1. The second-order valence-electron chi connectivity index (χ2n) is 2.00. The molecule has 8 nitrogen and oxygen atoms in total. The van der Waals surface area contributed by atoms with Crippen LogP contribution in [0.25, 0.3) is 0 Å². The topological polar surface area (TPSA) is 139 Å². The number of carboxylic acids is 1. The fourth-order valence-electron chi connectivity index (χ4n) is 0.394. The summed E-state index contributed by atoms with van der Waals surface area (Å²) in [7, 11) is 0. The van der Waals surface area contributed by atoms with Gasteiger partial charge < -0.3 is 20.8 Å². The van der Waals surface area contributed by atoms with Gasteiger partial charge >= 0.3 is 69.4 Å². The zero-order valence-electron chi connectivity index (χ0n) is 6.39. The summed E-state index contributed by atoms with van der Waals surface area (Å²) in [4.78, 5) is 34.5. The van der Waals surface area contributed by atoms with E-state index >= 15 is 0 Å². The molecule has 0 aromatic carbocycles. The number of hydrogen-bond donors (Lipinski definition) is 4. The normalized spacial score (nSPS) is 10.6. The maximum atomic E-state index is 10.5. The average molecular weight is 232 g/mol. The summed E-state index contributed by atoms with van der Waals surface area (Å²) in [6.45, 7) is 0. The van der Waals surface area contributed by atoms with Gasteiger partial charge in [0.1, 0.15) is 0 Å². The molecule has 1 atom stereocenters. The molecule has 0 aromatic rings. The number of urea groups is 1. The van der Waals surface area contributed by atoms with E-state index in [4.69, 9.17) is 10.2 Å². The zero-order valence-corrected chi connectivity index (χ0v) is 6.39. The third kappa shape index (κ3) is 8.41. The van der Waals surface area contributed by atoms with Gasteiger partial charge in [0.2, 0.25) is 0 Å². The van der Waals surface area contributed by atoms with Crippen LogP contribution in [0.15, 0.2) is 0 Å². The Bertz CT molecular complexity index is 232. The number of aliphatic hydroxyl groups is 1. The molecule has 76 valence electrons. The van der Waals surface area contributed by atoms with Gasteiger partial charge in [-0.15, -0.1) is 0 Å². The summed E-state index contributed by atoms with van der Waals surface area (Å²) in [6.07, 6.45) is -2.63. The van der Waals surface area contributed by atoms with Gasteiger partial charge in [0, 0.05) is 0 Å². The van der Waals surface area contributed by atoms with Gasteiger partial charge in [-0.3, -0.25) is 0 Å². The first-order valence-electron chi connectivity index (χ1n) is 3.09. The fourth-order valence-corrected chi connectivity index (χ4v) is 0.394. The first kappa shape index (κ1) is 16.2. The Morgan fingerprint density at radius 3 is 2.29 bits per heavy atom. The number of hydrogen-bond acceptors (Lipinski definition) is 5. The molecule has 2 amide bonds. The van der Waals surface area contributed by atoms with E-state index in [1.165, 1.54) is 5.48 Å². The molecule has 0 aliphatic heterocycles. The molecule has 0 aromatic heterocycles. The van der Waals surface area contributed by atoms with Crippen LogP contribution in [0.4, 0.5) is 4.79 Å². The van der Waals surface area contributed by atoms with Gasteiger partial charge in [-0.05, 0) is 0 Å². The SMILES string of the molecule is NC(=O)NOC(=O)CC(O)C(=O)O.[KH]. The van der Waals surface area contributed by atoms with E-state index in [1.807, 2.05) is 0 Å². The van der Waals surface area contributed by atoms with Gasteiger partial charge in [-0.25, -0.2) is 14.4 Å². The van der Waals surface area contributed by atoms with Crippen LogP contribution in [0.1, 0.15) is 6.42 Å². The predicted molar refractivity (Wildman–Crippen MR) is 44.2 cm³/mol. The summed E-state index contributed by atoms with van der Waals surface area (Å²) in [5.41, 5.74) is 6.00. The molecule has 5 N–H and O–H groups in total. The van der Waals surface area contributed by atoms with E-state index in [-0.39, 0.29) is 51.4 Å². The van der Waals surface area contributed by atoms with Crippen molar-refractivity contribution in [3.63, 3.8) is 0 Å². The minimum absolute atomic E-state index is 0. The number of hydroxylamine groups is 1. The summed E-state index contributed by atoms with van der Waals surface area (Å²) < 4.78 is 0. The van der Waals surface area contributed by atoms with Crippen LogP contribution in [0.5, 0.6) is 0 Å². The third-order valence-electron chi connectivity index (χ3n) is 0.911. The van der Waals surface area contributed by atoms with E-state index in [1.54, 1.807) is 0 Å². The number of carbonyl (C=O) groups excluding carboxylic acids is 2. The summed E-state index contributed by atoms with van der Waals surface area (Å²) >= 11 is 0. The Labute approximate surface area is 121 Å². The number of amides is 2. The molecule has 0 fully saturated rings. The Morgan fingerprint density at radius 1 is 1.43 bits per heavy atom. The van der Waals surface area contributed by atoms with E-state index in [0.717, 1.165) is 0 Å². The molecule has 0 heterocycles. The van der Waals surface area contributed by atoms with Crippen molar-refractivity contribution in [2.24, 2.45) is 5.73 Å². The molecular formula is C5H9KN2O6. The summed E-state index contributed by atoms with van der Waals surface area (Å²) in [5.74, 6) is -2.66. The average Bonchev–Trinajstić information content (AvgIpc) is 2.00. The summed E-state index contributed by atoms with van der Waals surface area (Å²) in [6, 6.07) is -1.10. The van der Waals surface area contributed by atoms with Gasteiger partial charge in [-0.1, -0.05) is 0 Å². The Kier molecular flexibility index (Phi) is 9.45. The molecule has 0 saturated heterocycles. The van der Waals surface area contributed by atoms with Crippen LogP contribution in [0.3, 0.4) is 0 Å². The van der Waals surface area contributed by atoms with Crippen LogP contribution in [-0.4, -0.2) is 85.7 Å². The Morgan fingerprint density at radius 2 is 1.93 bits per heavy atom. The molecule has 0 saturated carbocycles. The van der Waals surface area contributed by atoms with Gasteiger partial charge in [-0.2, -0.15) is 5.48 Å². The molecule has 9 heteroatoms. The van der Waals surface area contributed by atoms with Crippen molar-refractivity contribution in [3.8, 4) is 0 Å². The van der Waals surface area contributed by atoms with Gasteiger partial charge in [0.05, 0.1) is 6.42 Å². The van der Waals surface area contributed by atoms with Crippen LogP contribution >= 0.6 is 0 Å². The molecule has 0 aliphatic carbocycles. The van der Waals surface area contributed by atoms with E-state index in [9.17, 15) is 14.4 Å². The monoisotopic (exact) mass is 232 g/mol. The van der Waals surface area contributed by atoms with Crippen LogP contribution in [-0.2, 0) is 14.4 Å². The number of carbonyl (C=O) groups is 3. The number of rotatable bonds is 3. The molecule has 1 unspecified atom stereocenters. The molecule has 0 aliphatic rings. The number of aliphatic hydroxyl groups excluding tert-OH is 1. The molecule has 0 bridgehead atoms. The minimum atomic E-state index is -1.86. The van der Waals surface area contributed by atoms with Crippen molar-refractivity contribution in [1.29, 1.82) is 0 Å². The quantitative estimate of drug-likeness (QED) is 0.308. The van der Waals surface area contributed by atoms with Crippen molar-refractivity contribution < 1.29 is 29.4 Å². The van der Waals surface area contributed by atoms with Gasteiger partial charge in [0.25, 0.3) is 0 Å². The molecule has 0 radical (unpaired) electrons. The Hall–Kier alpha value is -0.194. The zero-order chi connectivity index (χ0) is 10.4. The number of primary amides is 1. The molecule has 0 rings (SSSR count). The summed E-state index contributed by atoms with van der Waals surface area (Å²) in [5, 5.41) is 16.8. The molecular weight excluding hydrogens is 223 g/mol. The van der Waals surface area contributed by atoms with Crippen molar-refractivity contribution >= 4 is 69.4 Å². The first-order chi connectivity index (χ1) is 5.93. The Balaban J connectivity index is 0. The maximum absolute atomic E-state index is 10.5. The number of aliphatic carboxylic acids is 1. The van der Waals surface area contributed by atoms with Crippen LogP contribution in [0, 0.1) is 0 Å². The van der Waals surface area contributed by atoms with E-state index in [0.29, 0.717) is 0 Å². The molecule has 14 heavy (non-hydrogen) atoms. The third-order valence-corrected chi connectivity index (χ3v) is 0.911. The van der Waals surface area contributed by atoms with E-state index < -0.39 is 30.5 Å².